The zero-order chi connectivity index (χ0) is 17.7. The van der Waals surface area contributed by atoms with Crippen LogP contribution in [0.5, 0.6) is 5.75 Å². The van der Waals surface area contributed by atoms with Crippen molar-refractivity contribution in [1.29, 1.82) is 5.26 Å². The van der Waals surface area contributed by atoms with Gasteiger partial charge in [0.25, 0.3) is 5.91 Å². The molecule has 1 aliphatic rings. The third-order valence-corrected chi connectivity index (χ3v) is 3.86. The number of amides is 1. The third kappa shape index (κ3) is 4.10. The summed E-state index contributed by atoms with van der Waals surface area (Å²) in [4.78, 5) is 24.8. The molecule has 0 atom stereocenters. The Balaban J connectivity index is 2.30. The van der Waals surface area contributed by atoms with Gasteiger partial charge in [0.05, 0.1) is 7.11 Å². The minimum Gasteiger partial charge on any atom is -0.478 e. The lowest BCUT2D eigenvalue weighted by molar-refractivity contribution is -0.143. The number of hydrogen-bond acceptors (Lipinski definition) is 6. The van der Waals surface area contributed by atoms with E-state index in [-0.39, 0.29) is 24.0 Å². The molecule has 7 nitrogen and oxygen atoms in total. The summed E-state index contributed by atoms with van der Waals surface area (Å²) >= 11 is 8.41. The van der Waals surface area contributed by atoms with Gasteiger partial charge in [0, 0.05) is 10.0 Å². The van der Waals surface area contributed by atoms with Gasteiger partial charge in [-0.05, 0) is 36.5 Å². The molecule has 0 aliphatic carbocycles. The van der Waals surface area contributed by atoms with Gasteiger partial charge in [-0.1, -0.05) is 15.9 Å². The van der Waals surface area contributed by atoms with Crippen molar-refractivity contribution in [3.8, 4) is 11.8 Å². The molecule has 0 aromatic heterocycles. The van der Waals surface area contributed by atoms with E-state index in [2.05, 4.69) is 26.0 Å². The largest absolute Gasteiger partial charge is 0.478 e. The summed E-state index contributed by atoms with van der Waals surface area (Å²) < 4.78 is 10.7. The first kappa shape index (κ1) is 17.9. The van der Waals surface area contributed by atoms with Gasteiger partial charge in [-0.15, -0.1) is 0 Å². The lowest BCUT2D eigenvalue weighted by atomic mass is 10.1. The molecule has 1 aromatic carbocycles. The average Bonchev–Trinajstić information content (AvgIpc) is 2.81. The zero-order valence-corrected chi connectivity index (χ0v) is 14.9. The summed E-state index contributed by atoms with van der Waals surface area (Å²) in [6, 6.07) is 7.06. The van der Waals surface area contributed by atoms with Gasteiger partial charge in [-0.3, -0.25) is 14.5 Å². The Bertz CT molecular complexity index is 772. The van der Waals surface area contributed by atoms with Crippen LogP contribution in [0, 0.1) is 11.3 Å². The lowest BCUT2D eigenvalue weighted by Crippen LogP contribution is -2.35. The molecule has 124 valence electrons. The molecular weight excluding hydrogens is 398 g/mol. The molecule has 1 aromatic rings. The fourth-order valence-electron chi connectivity index (χ4n) is 1.94. The highest BCUT2D eigenvalue weighted by molar-refractivity contribution is 9.10. The molecular formula is C15H12BrN3O4S. The number of rotatable bonds is 5. The van der Waals surface area contributed by atoms with Crippen molar-refractivity contribution in [1.82, 2.24) is 10.2 Å². The second kappa shape index (κ2) is 7.90. The van der Waals surface area contributed by atoms with Crippen molar-refractivity contribution in [3.63, 3.8) is 0 Å². The van der Waals surface area contributed by atoms with Crippen LogP contribution in [-0.2, 0) is 14.3 Å². The summed E-state index contributed by atoms with van der Waals surface area (Å²) in [6.07, 6.45) is 1.55. The summed E-state index contributed by atoms with van der Waals surface area (Å²) in [5.74, 6) is -0.579. The minimum atomic E-state index is -0.575. The summed E-state index contributed by atoms with van der Waals surface area (Å²) in [7, 11) is 1.23. The van der Waals surface area contributed by atoms with E-state index in [9.17, 15) is 9.59 Å². The Morgan fingerprint density at radius 3 is 2.96 bits per heavy atom. The molecule has 24 heavy (non-hydrogen) atoms. The van der Waals surface area contributed by atoms with E-state index in [1.807, 2.05) is 6.07 Å². The van der Waals surface area contributed by atoms with Crippen molar-refractivity contribution >= 4 is 51.2 Å². The van der Waals surface area contributed by atoms with E-state index in [1.165, 1.54) is 7.11 Å². The van der Waals surface area contributed by atoms with E-state index in [4.69, 9.17) is 22.2 Å². The number of esters is 1. The van der Waals surface area contributed by atoms with Crippen LogP contribution in [0.25, 0.3) is 6.08 Å². The van der Waals surface area contributed by atoms with Crippen molar-refractivity contribution in [3.05, 3.63) is 33.9 Å². The Kier molecular flexibility index (Phi) is 5.89. The van der Waals surface area contributed by atoms with Crippen LogP contribution in [-0.4, -0.2) is 42.2 Å². The van der Waals surface area contributed by atoms with Gasteiger partial charge >= 0.3 is 5.97 Å². The predicted molar refractivity (Wildman–Crippen MR) is 92.7 cm³/mol. The monoisotopic (exact) mass is 409 g/mol. The van der Waals surface area contributed by atoms with Crippen molar-refractivity contribution in [2.45, 2.75) is 0 Å². The molecule has 0 saturated carbocycles. The van der Waals surface area contributed by atoms with E-state index >= 15 is 0 Å². The first-order valence-corrected chi connectivity index (χ1v) is 7.87. The van der Waals surface area contributed by atoms with Crippen LogP contribution in [0.3, 0.4) is 0 Å². The van der Waals surface area contributed by atoms with Crippen LogP contribution in [0.1, 0.15) is 5.56 Å². The van der Waals surface area contributed by atoms with E-state index < -0.39 is 11.9 Å². The topological polar surface area (TPSA) is 91.7 Å². The molecule has 0 spiro atoms. The molecule has 1 saturated heterocycles. The zero-order valence-electron chi connectivity index (χ0n) is 12.5. The van der Waals surface area contributed by atoms with Gasteiger partial charge < -0.3 is 14.8 Å². The number of nitriles is 1. The smallest absolute Gasteiger partial charge is 0.325 e. The standard InChI is InChI=1S/C15H12BrN3O4S/c1-22-13(20)8-19-14(21)11(18-15(19)24)7-9-6-10(16)2-3-12(9)23-5-4-17/h2-3,6-7H,5,8H2,1H3,(H,18,24)/b11-7-. The summed E-state index contributed by atoms with van der Waals surface area (Å²) in [6.45, 7) is -0.388. The quantitative estimate of drug-likeness (QED) is 0.448. The number of carbonyl (C=O) groups excluding carboxylic acids is 2. The summed E-state index contributed by atoms with van der Waals surface area (Å²) in [5, 5.41) is 11.5. The number of thiocarbonyl (C=S) groups is 1. The number of ether oxygens (including phenoxy) is 2. The van der Waals surface area contributed by atoms with Crippen molar-refractivity contribution < 1.29 is 19.1 Å². The number of nitrogens with one attached hydrogen (secondary N) is 1. The Hall–Kier alpha value is -2.44. The molecule has 2 rings (SSSR count). The van der Waals surface area contributed by atoms with Crippen LogP contribution >= 0.6 is 28.1 Å². The van der Waals surface area contributed by atoms with Crippen LogP contribution < -0.4 is 10.1 Å². The molecule has 1 heterocycles. The van der Waals surface area contributed by atoms with E-state index in [0.29, 0.717) is 11.3 Å². The third-order valence-electron chi connectivity index (χ3n) is 3.04. The van der Waals surface area contributed by atoms with Crippen molar-refractivity contribution in [2.24, 2.45) is 0 Å². The number of hydrogen-bond donors (Lipinski definition) is 1. The van der Waals surface area contributed by atoms with E-state index in [1.54, 1.807) is 24.3 Å². The number of benzene rings is 1. The van der Waals surface area contributed by atoms with Gasteiger partial charge in [0.15, 0.2) is 11.7 Å². The van der Waals surface area contributed by atoms with Gasteiger partial charge in [-0.25, -0.2) is 0 Å². The maximum absolute atomic E-state index is 12.4. The molecule has 0 radical (unpaired) electrons. The molecule has 1 amide bonds. The molecule has 9 heteroatoms. The van der Waals surface area contributed by atoms with E-state index in [0.717, 1.165) is 9.37 Å². The lowest BCUT2D eigenvalue weighted by Gasteiger charge is -2.11. The number of carbonyl (C=O) groups is 2. The fourth-order valence-corrected chi connectivity index (χ4v) is 2.57. The van der Waals surface area contributed by atoms with Crippen molar-refractivity contribution in [2.75, 3.05) is 20.3 Å². The van der Waals surface area contributed by atoms with Gasteiger partial charge in [0.2, 0.25) is 0 Å². The van der Waals surface area contributed by atoms with Gasteiger partial charge in [0.1, 0.15) is 24.1 Å². The Labute approximate surface area is 151 Å². The number of methoxy groups -OCH3 is 1. The summed E-state index contributed by atoms with van der Waals surface area (Å²) in [5.41, 5.74) is 0.780. The molecule has 1 aliphatic heterocycles. The Morgan fingerprint density at radius 2 is 2.29 bits per heavy atom. The SMILES string of the molecule is COC(=O)CN1C(=O)/C(=C/c2cc(Br)ccc2OCC#N)NC1=S. The molecule has 0 bridgehead atoms. The number of halogens is 1. The highest BCUT2D eigenvalue weighted by Gasteiger charge is 2.32. The highest BCUT2D eigenvalue weighted by Crippen LogP contribution is 2.26. The fraction of sp³-hybridized carbons (Fsp3) is 0.200. The second-order valence-corrected chi connectivity index (χ2v) is 5.89. The van der Waals surface area contributed by atoms with Crippen LogP contribution in [0.15, 0.2) is 28.4 Å². The molecule has 0 unspecified atom stereocenters. The molecule has 1 fully saturated rings. The average molecular weight is 410 g/mol. The highest BCUT2D eigenvalue weighted by atomic mass is 79.9. The van der Waals surface area contributed by atoms with Gasteiger partial charge in [-0.2, -0.15) is 5.26 Å². The first-order valence-electron chi connectivity index (χ1n) is 6.67. The van der Waals surface area contributed by atoms with Crippen LogP contribution in [0.4, 0.5) is 0 Å². The van der Waals surface area contributed by atoms with Crippen LogP contribution in [0.2, 0.25) is 0 Å². The number of nitrogens with zero attached hydrogens (tertiary/aromatic N) is 2. The first-order chi connectivity index (χ1) is 11.5. The molecule has 1 N–H and O–H groups in total. The minimum absolute atomic E-state index is 0.117. The maximum Gasteiger partial charge on any atom is 0.325 e. The maximum atomic E-state index is 12.4. The normalized spacial score (nSPS) is 15.2. The Morgan fingerprint density at radius 1 is 1.54 bits per heavy atom. The second-order valence-electron chi connectivity index (χ2n) is 4.58. The predicted octanol–water partition coefficient (Wildman–Crippen LogP) is 1.58.